The molecule has 1 aliphatic rings. The monoisotopic (exact) mass is 725 g/mol. The fourth-order valence-electron chi connectivity index (χ4n) is 6.31. The molecule has 14 heteroatoms. The van der Waals surface area contributed by atoms with Gasteiger partial charge >= 0.3 is 6.18 Å². The van der Waals surface area contributed by atoms with Gasteiger partial charge in [0.05, 0.1) is 41.4 Å². The number of pyridine rings is 1. The average Bonchev–Trinajstić information content (AvgIpc) is 3.51. The van der Waals surface area contributed by atoms with E-state index in [0.717, 1.165) is 36.6 Å². The van der Waals surface area contributed by atoms with Gasteiger partial charge in [0.1, 0.15) is 29.4 Å². The van der Waals surface area contributed by atoms with Crippen LogP contribution in [0.4, 0.5) is 23.4 Å². The number of anilines is 1. The summed E-state index contributed by atoms with van der Waals surface area (Å²) in [6.45, 7) is 2.82. The largest absolute Gasteiger partial charge is 0.497 e. The fraction of sp³-hybridized carbons (Fsp3) is 0.324. The van der Waals surface area contributed by atoms with Gasteiger partial charge < -0.3 is 24.0 Å². The summed E-state index contributed by atoms with van der Waals surface area (Å²) in [5, 5.41) is -0.673. The number of benzene rings is 3. The first-order chi connectivity index (χ1) is 24.4. The van der Waals surface area contributed by atoms with Gasteiger partial charge in [0.15, 0.2) is 5.82 Å². The predicted octanol–water partition coefficient (Wildman–Crippen LogP) is 7.80. The highest BCUT2D eigenvalue weighted by Crippen LogP contribution is 2.44. The zero-order valence-corrected chi connectivity index (χ0v) is 29.2. The summed E-state index contributed by atoms with van der Waals surface area (Å²) < 4.78 is 77.4. The molecule has 6 rings (SSSR count). The Labute approximate surface area is 296 Å². The van der Waals surface area contributed by atoms with Gasteiger partial charge in [-0.3, -0.25) is 9.78 Å². The van der Waals surface area contributed by atoms with E-state index in [0.29, 0.717) is 11.5 Å². The maximum atomic E-state index is 16.6. The van der Waals surface area contributed by atoms with Gasteiger partial charge in [-0.25, -0.2) is 9.37 Å². The number of hydrogen-bond donors (Lipinski definition) is 1. The number of nitrogens with zero attached hydrogens (tertiary/aromatic N) is 4. The summed E-state index contributed by atoms with van der Waals surface area (Å²) >= 11 is 6.54. The summed E-state index contributed by atoms with van der Waals surface area (Å²) in [5.74, 6) is 0.193. The highest BCUT2D eigenvalue weighted by molar-refractivity contribution is 6.34. The lowest BCUT2D eigenvalue weighted by Crippen LogP contribution is -2.31. The van der Waals surface area contributed by atoms with Gasteiger partial charge in [0, 0.05) is 19.1 Å². The minimum atomic E-state index is -4.93. The van der Waals surface area contributed by atoms with Crippen molar-refractivity contribution >= 4 is 28.3 Å². The van der Waals surface area contributed by atoms with Gasteiger partial charge in [0.2, 0.25) is 0 Å². The number of nitrogens with one attached hydrogen (secondary N) is 1. The number of likely N-dealkylation sites (N-methyl/N-ethyl adjacent to an activating group) is 1. The molecule has 2 aromatic heterocycles. The Kier molecular flexibility index (Phi) is 10.4. The standard InChI is InChI=1S/C37H36ClF4N5O4/c1-21-16-29(47(18-22-7-11-25(49-3)12-8-22)19-23-9-13-26(50-4)14-10-23)43-34(31(21)37(40,41)42)30-28(38)17-27-33(32(30)39)44-36(45-35(27)48)51-20-24-6-5-15-46(24)2/h7-14,16-17,24H,5-6,15,18-20H2,1-4H3,(H,44,45,48). The number of aromatic amines is 1. The lowest BCUT2D eigenvalue weighted by molar-refractivity contribution is -0.137. The molecule has 0 amide bonds. The smallest absolute Gasteiger partial charge is 0.418 e. The molecule has 0 bridgehead atoms. The van der Waals surface area contributed by atoms with Crippen LogP contribution in [0.2, 0.25) is 5.02 Å². The molecular formula is C37H36ClF4N5O4. The van der Waals surface area contributed by atoms with Crippen molar-refractivity contribution in [3.05, 3.63) is 104 Å². The van der Waals surface area contributed by atoms with Crippen LogP contribution >= 0.6 is 11.6 Å². The Balaban J connectivity index is 1.48. The molecule has 3 aromatic carbocycles. The van der Waals surface area contributed by atoms with E-state index in [4.69, 9.17) is 25.8 Å². The van der Waals surface area contributed by atoms with Crippen LogP contribution in [0, 0.1) is 12.7 Å². The van der Waals surface area contributed by atoms with Gasteiger partial charge in [-0.1, -0.05) is 35.9 Å². The number of hydrogen-bond acceptors (Lipinski definition) is 8. The number of fused-ring (bicyclic) bond motifs is 1. The molecule has 0 spiro atoms. The predicted molar refractivity (Wildman–Crippen MR) is 187 cm³/mol. The number of aromatic nitrogens is 3. The Hall–Kier alpha value is -4.88. The van der Waals surface area contributed by atoms with Crippen LogP contribution in [-0.4, -0.2) is 60.3 Å². The van der Waals surface area contributed by atoms with Crippen LogP contribution < -0.4 is 24.7 Å². The molecule has 3 heterocycles. The second kappa shape index (κ2) is 14.8. The van der Waals surface area contributed by atoms with E-state index in [2.05, 4.69) is 19.9 Å². The van der Waals surface area contributed by atoms with E-state index in [1.54, 1.807) is 43.4 Å². The van der Waals surface area contributed by atoms with Crippen molar-refractivity contribution in [3.63, 3.8) is 0 Å². The molecule has 1 atom stereocenters. The number of H-pyrrole nitrogens is 1. The molecule has 5 aromatic rings. The lowest BCUT2D eigenvalue weighted by atomic mass is 9.99. The maximum absolute atomic E-state index is 16.6. The quantitative estimate of drug-likeness (QED) is 0.138. The van der Waals surface area contributed by atoms with Crippen molar-refractivity contribution < 1.29 is 31.8 Å². The van der Waals surface area contributed by atoms with E-state index in [-0.39, 0.29) is 48.5 Å². The fourth-order valence-corrected chi connectivity index (χ4v) is 6.59. The summed E-state index contributed by atoms with van der Waals surface area (Å²) in [5.41, 5.74) is -2.31. The second-order valence-corrected chi connectivity index (χ2v) is 12.9. The minimum Gasteiger partial charge on any atom is -0.497 e. The molecule has 9 nitrogen and oxygen atoms in total. The molecule has 0 aliphatic carbocycles. The van der Waals surface area contributed by atoms with E-state index in [9.17, 15) is 18.0 Å². The minimum absolute atomic E-state index is 0.0691. The van der Waals surface area contributed by atoms with Gasteiger partial charge in [-0.2, -0.15) is 18.2 Å². The van der Waals surface area contributed by atoms with E-state index < -0.39 is 44.9 Å². The average molecular weight is 726 g/mol. The van der Waals surface area contributed by atoms with E-state index in [1.807, 2.05) is 31.3 Å². The lowest BCUT2D eigenvalue weighted by Gasteiger charge is -2.27. The number of ether oxygens (including phenoxy) is 3. The highest BCUT2D eigenvalue weighted by Gasteiger charge is 2.39. The Morgan fingerprint density at radius 1 is 0.980 bits per heavy atom. The molecule has 268 valence electrons. The number of aryl methyl sites for hydroxylation is 1. The summed E-state index contributed by atoms with van der Waals surface area (Å²) in [4.78, 5) is 28.1. The molecule has 1 N–H and O–H groups in total. The van der Waals surface area contributed by atoms with Gasteiger partial charge in [-0.15, -0.1) is 0 Å². The summed E-state index contributed by atoms with van der Waals surface area (Å²) in [6, 6.07) is 16.7. The number of methoxy groups -OCH3 is 2. The van der Waals surface area contributed by atoms with Gasteiger partial charge in [-0.05, 0) is 86.4 Å². The summed E-state index contributed by atoms with van der Waals surface area (Å²) in [6.07, 6.45) is -3.08. The van der Waals surface area contributed by atoms with E-state index in [1.165, 1.54) is 13.0 Å². The van der Waals surface area contributed by atoms with Crippen molar-refractivity contribution in [3.8, 4) is 28.8 Å². The number of halogens is 5. The van der Waals surface area contributed by atoms with Crippen LogP contribution in [0.5, 0.6) is 17.5 Å². The molecule has 1 unspecified atom stereocenters. The Morgan fingerprint density at radius 3 is 2.12 bits per heavy atom. The number of likely N-dealkylation sites (tertiary alicyclic amines) is 1. The molecule has 1 saturated heterocycles. The van der Waals surface area contributed by atoms with Gasteiger partial charge in [0.25, 0.3) is 11.6 Å². The molecular weight excluding hydrogens is 690 g/mol. The Bertz CT molecular complexity index is 2040. The first kappa shape index (κ1) is 35.9. The highest BCUT2D eigenvalue weighted by atomic mass is 35.5. The van der Waals surface area contributed by atoms with Crippen LogP contribution in [0.15, 0.2) is 65.5 Å². The maximum Gasteiger partial charge on any atom is 0.418 e. The third kappa shape index (κ3) is 7.74. The SMILES string of the molecule is COc1ccc(CN(Cc2ccc(OC)cc2)c2cc(C)c(C(F)(F)F)c(-c3c(Cl)cc4c(=O)[nH]c(OCC5CCCN5C)nc4c3F)n2)cc1. The molecule has 51 heavy (non-hydrogen) atoms. The molecule has 0 saturated carbocycles. The van der Waals surface area contributed by atoms with Crippen molar-refractivity contribution in [1.29, 1.82) is 0 Å². The van der Waals surface area contributed by atoms with Crippen LogP contribution in [0.1, 0.15) is 35.1 Å². The van der Waals surface area contributed by atoms with E-state index >= 15 is 4.39 Å². The number of alkyl halides is 3. The topological polar surface area (TPSA) is 92.8 Å². The second-order valence-electron chi connectivity index (χ2n) is 12.5. The first-order valence-electron chi connectivity index (χ1n) is 16.2. The zero-order valence-electron chi connectivity index (χ0n) is 28.4. The molecule has 0 radical (unpaired) electrons. The third-order valence-corrected chi connectivity index (χ3v) is 9.37. The van der Waals surface area contributed by atoms with Crippen LogP contribution in [-0.2, 0) is 19.3 Å². The van der Waals surface area contributed by atoms with Crippen molar-refractivity contribution in [2.24, 2.45) is 0 Å². The summed E-state index contributed by atoms with van der Waals surface area (Å²) in [7, 11) is 5.04. The zero-order chi connectivity index (χ0) is 36.4. The Morgan fingerprint density at radius 2 is 1.59 bits per heavy atom. The van der Waals surface area contributed by atoms with Crippen molar-refractivity contribution in [1.82, 2.24) is 19.9 Å². The van der Waals surface area contributed by atoms with Crippen molar-refractivity contribution in [2.45, 2.75) is 45.1 Å². The molecule has 1 fully saturated rings. The first-order valence-corrected chi connectivity index (χ1v) is 16.6. The van der Waals surface area contributed by atoms with Crippen LogP contribution in [0.25, 0.3) is 22.2 Å². The number of rotatable bonds is 11. The van der Waals surface area contributed by atoms with Crippen molar-refractivity contribution in [2.75, 3.05) is 39.3 Å². The van der Waals surface area contributed by atoms with Crippen LogP contribution in [0.3, 0.4) is 0 Å². The normalized spacial score (nSPS) is 15.0. The molecule has 1 aliphatic heterocycles. The third-order valence-electron chi connectivity index (χ3n) is 9.07.